The number of methoxy groups -OCH3 is 1. The molecular weight excluding hydrogens is 528 g/mol. The third-order valence-corrected chi connectivity index (χ3v) is 8.01. The molecule has 0 saturated carbocycles. The number of benzene rings is 1. The van der Waals surface area contributed by atoms with Gasteiger partial charge in [-0.2, -0.15) is 4.31 Å². The number of sulfonamides is 1. The fraction of sp³-hybridized carbons (Fsp3) is 0.462. The molecule has 1 unspecified atom stereocenters. The van der Waals surface area contributed by atoms with Gasteiger partial charge in [-0.05, 0) is 61.6 Å². The number of ether oxygens (including phenoxy) is 1. The summed E-state index contributed by atoms with van der Waals surface area (Å²) in [5, 5.41) is 7.72. The van der Waals surface area contributed by atoms with E-state index in [-0.39, 0.29) is 42.6 Å². The molecular formula is C26H34N4O8S. The van der Waals surface area contributed by atoms with Gasteiger partial charge in [-0.1, -0.05) is 13.8 Å². The van der Waals surface area contributed by atoms with Gasteiger partial charge in [-0.25, -0.2) is 8.42 Å². The van der Waals surface area contributed by atoms with Gasteiger partial charge in [0.1, 0.15) is 11.8 Å². The van der Waals surface area contributed by atoms with Crippen molar-refractivity contribution < 1.29 is 36.7 Å². The van der Waals surface area contributed by atoms with E-state index in [1.54, 1.807) is 6.07 Å². The number of hydrogen-bond donors (Lipinski definition) is 3. The highest BCUT2D eigenvalue weighted by atomic mass is 32.2. The number of Topliss-reactive ketones (excluding diaryl/α,β-unsaturated/α-hetero) is 1. The van der Waals surface area contributed by atoms with Crippen LogP contribution in [0, 0.1) is 5.92 Å². The maximum absolute atomic E-state index is 13.1. The number of nitrogens with zero attached hydrogens (tertiary/aromatic N) is 1. The minimum atomic E-state index is -3.93. The minimum Gasteiger partial charge on any atom is -0.497 e. The van der Waals surface area contributed by atoms with Crippen LogP contribution in [-0.2, 0) is 24.4 Å². The summed E-state index contributed by atoms with van der Waals surface area (Å²) in [5.41, 5.74) is 0. The largest absolute Gasteiger partial charge is 0.497 e. The maximum Gasteiger partial charge on any atom is 0.287 e. The Morgan fingerprint density at radius 1 is 1.15 bits per heavy atom. The first-order valence-corrected chi connectivity index (χ1v) is 14.0. The number of rotatable bonds is 11. The predicted molar refractivity (Wildman–Crippen MR) is 140 cm³/mol. The third-order valence-electron chi connectivity index (χ3n) is 6.15. The van der Waals surface area contributed by atoms with Gasteiger partial charge in [0.15, 0.2) is 11.5 Å². The maximum atomic E-state index is 13.1. The minimum absolute atomic E-state index is 0.0359. The standard InChI is InChI=1S/C26H34N4O8S/c1-17(2)14-21(28-24(32)15-27-26(34)23-7-5-13-38-23)25(33)29-20-6-4-12-30(16-22(20)31)39(35,36)19-10-8-18(37-3)9-11-19/h5,7-11,13,17,20-21H,4,6,12,14-16H2,1-3H3,(H,27,34)(H,28,32)(H,29,33)/t20?,21-/m0/s1. The zero-order valence-electron chi connectivity index (χ0n) is 22.1. The van der Waals surface area contributed by atoms with E-state index in [0.29, 0.717) is 18.6 Å². The number of nitrogens with one attached hydrogen (secondary N) is 3. The van der Waals surface area contributed by atoms with Crippen molar-refractivity contribution in [2.24, 2.45) is 5.92 Å². The van der Waals surface area contributed by atoms with E-state index in [1.165, 1.54) is 43.7 Å². The van der Waals surface area contributed by atoms with Gasteiger partial charge in [-0.15, -0.1) is 0 Å². The molecule has 3 N–H and O–H groups in total. The van der Waals surface area contributed by atoms with Crippen LogP contribution in [0.5, 0.6) is 5.75 Å². The Balaban J connectivity index is 1.61. The topological polar surface area (TPSA) is 164 Å². The first-order chi connectivity index (χ1) is 18.5. The van der Waals surface area contributed by atoms with Crippen molar-refractivity contribution in [3.8, 4) is 5.75 Å². The molecule has 0 radical (unpaired) electrons. The van der Waals surface area contributed by atoms with E-state index in [9.17, 15) is 27.6 Å². The molecule has 1 aromatic heterocycles. The Morgan fingerprint density at radius 3 is 2.49 bits per heavy atom. The predicted octanol–water partition coefficient (Wildman–Crippen LogP) is 1.09. The van der Waals surface area contributed by atoms with Gasteiger partial charge >= 0.3 is 0 Å². The smallest absolute Gasteiger partial charge is 0.287 e. The second-order valence-electron chi connectivity index (χ2n) is 9.59. The molecule has 2 atom stereocenters. The van der Waals surface area contributed by atoms with Crippen LogP contribution in [0.1, 0.15) is 43.7 Å². The molecule has 2 aromatic rings. The summed E-state index contributed by atoms with van der Waals surface area (Å²) in [7, 11) is -2.45. The van der Waals surface area contributed by atoms with Crippen molar-refractivity contribution in [1.82, 2.24) is 20.3 Å². The van der Waals surface area contributed by atoms with E-state index < -0.39 is 45.6 Å². The fourth-order valence-electron chi connectivity index (χ4n) is 4.13. The quantitative estimate of drug-likeness (QED) is 0.366. The molecule has 1 aliphatic rings. The molecule has 3 amide bonds. The molecule has 212 valence electrons. The van der Waals surface area contributed by atoms with E-state index in [1.807, 2.05) is 13.8 Å². The first-order valence-electron chi connectivity index (χ1n) is 12.6. The Hall–Kier alpha value is -3.71. The summed E-state index contributed by atoms with van der Waals surface area (Å²) in [6.07, 6.45) is 2.23. The van der Waals surface area contributed by atoms with Crippen LogP contribution in [0.25, 0.3) is 0 Å². The van der Waals surface area contributed by atoms with E-state index in [4.69, 9.17) is 9.15 Å². The Kier molecular flexibility index (Phi) is 10.2. The first kappa shape index (κ1) is 29.8. The molecule has 0 bridgehead atoms. The molecule has 39 heavy (non-hydrogen) atoms. The van der Waals surface area contributed by atoms with Crippen LogP contribution >= 0.6 is 0 Å². The average Bonchev–Trinajstić information content (AvgIpc) is 3.38. The molecule has 13 heteroatoms. The highest BCUT2D eigenvalue weighted by Gasteiger charge is 2.34. The van der Waals surface area contributed by atoms with E-state index >= 15 is 0 Å². The lowest BCUT2D eigenvalue weighted by Crippen LogP contribution is -2.54. The highest BCUT2D eigenvalue weighted by molar-refractivity contribution is 7.89. The van der Waals surface area contributed by atoms with Crippen molar-refractivity contribution in [3.63, 3.8) is 0 Å². The van der Waals surface area contributed by atoms with Crippen molar-refractivity contribution in [3.05, 3.63) is 48.4 Å². The SMILES string of the molecule is COc1ccc(S(=O)(=O)N2CCCC(NC(=O)[C@H](CC(C)C)NC(=O)CNC(=O)c3ccco3)C(=O)C2)cc1. The highest BCUT2D eigenvalue weighted by Crippen LogP contribution is 2.22. The van der Waals surface area contributed by atoms with Crippen LogP contribution < -0.4 is 20.7 Å². The second kappa shape index (κ2) is 13.4. The van der Waals surface area contributed by atoms with Crippen molar-refractivity contribution >= 4 is 33.5 Å². The number of hydrogen-bond acceptors (Lipinski definition) is 8. The second-order valence-corrected chi connectivity index (χ2v) is 11.5. The summed E-state index contributed by atoms with van der Waals surface area (Å²) in [5.74, 6) is -1.56. The lowest BCUT2D eigenvalue weighted by Gasteiger charge is -2.23. The van der Waals surface area contributed by atoms with Crippen molar-refractivity contribution in [2.45, 2.75) is 50.1 Å². The molecule has 1 fully saturated rings. The molecule has 1 saturated heterocycles. The van der Waals surface area contributed by atoms with Crippen LogP contribution in [0.3, 0.4) is 0 Å². The fourth-order valence-corrected chi connectivity index (χ4v) is 5.57. The Labute approximate surface area is 227 Å². The van der Waals surface area contributed by atoms with Gasteiger partial charge in [-0.3, -0.25) is 19.2 Å². The molecule has 2 heterocycles. The summed E-state index contributed by atoms with van der Waals surface area (Å²) in [6, 6.07) is 7.03. The molecule has 1 aromatic carbocycles. The zero-order valence-corrected chi connectivity index (χ0v) is 23.0. The Morgan fingerprint density at radius 2 is 1.87 bits per heavy atom. The zero-order chi connectivity index (χ0) is 28.6. The number of furan rings is 1. The van der Waals surface area contributed by atoms with Gasteiger partial charge in [0, 0.05) is 6.54 Å². The number of amides is 3. The summed E-state index contributed by atoms with van der Waals surface area (Å²) in [6.45, 7) is 3.11. The molecule has 3 rings (SSSR count). The number of carbonyl (C=O) groups is 4. The van der Waals surface area contributed by atoms with Gasteiger partial charge < -0.3 is 25.1 Å². The molecule has 0 aliphatic carbocycles. The van der Waals surface area contributed by atoms with Crippen LogP contribution in [0.15, 0.2) is 52.0 Å². The average molecular weight is 563 g/mol. The molecule has 1 aliphatic heterocycles. The summed E-state index contributed by atoms with van der Waals surface area (Å²) in [4.78, 5) is 50.6. The monoisotopic (exact) mass is 562 g/mol. The molecule has 12 nitrogen and oxygen atoms in total. The van der Waals surface area contributed by atoms with Gasteiger partial charge in [0.2, 0.25) is 21.8 Å². The van der Waals surface area contributed by atoms with Gasteiger partial charge in [0.05, 0.1) is 37.4 Å². The normalized spacial score (nSPS) is 17.2. The number of carbonyl (C=O) groups excluding carboxylic acids is 4. The van der Waals surface area contributed by atoms with E-state index in [0.717, 1.165) is 4.31 Å². The summed E-state index contributed by atoms with van der Waals surface area (Å²) >= 11 is 0. The van der Waals surface area contributed by atoms with Crippen LogP contribution in [0.4, 0.5) is 0 Å². The van der Waals surface area contributed by atoms with Gasteiger partial charge in [0.25, 0.3) is 5.91 Å². The lowest BCUT2D eigenvalue weighted by atomic mass is 10.0. The van der Waals surface area contributed by atoms with Crippen LogP contribution in [0.2, 0.25) is 0 Å². The lowest BCUT2D eigenvalue weighted by molar-refractivity contribution is -0.131. The van der Waals surface area contributed by atoms with Crippen molar-refractivity contribution in [2.75, 3.05) is 26.7 Å². The van der Waals surface area contributed by atoms with Crippen molar-refractivity contribution in [1.29, 1.82) is 0 Å². The summed E-state index contributed by atoms with van der Waals surface area (Å²) < 4.78 is 37.4. The van der Waals surface area contributed by atoms with Crippen LogP contribution in [-0.4, -0.2) is 75.1 Å². The van der Waals surface area contributed by atoms with E-state index in [2.05, 4.69) is 16.0 Å². The Bertz CT molecular complexity index is 1260. The number of ketones is 1. The molecule has 0 spiro atoms. The third kappa shape index (κ3) is 8.14.